The number of hydrogen-bond donors (Lipinski definition) is 1. The second-order valence-corrected chi connectivity index (χ2v) is 5.99. The number of rotatable bonds is 5. The van der Waals surface area contributed by atoms with E-state index in [1.807, 2.05) is 6.07 Å². The molecule has 0 saturated carbocycles. The molecule has 2 aromatic heterocycles. The van der Waals surface area contributed by atoms with Crippen molar-refractivity contribution >= 4 is 17.4 Å². The van der Waals surface area contributed by atoms with Crippen LogP contribution in [0.25, 0.3) is 0 Å². The first-order valence-corrected chi connectivity index (χ1v) is 8.24. The number of nitrogens with one attached hydrogen (secondary N) is 1. The van der Waals surface area contributed by atoms with Gasteiger partial charge >= 0.3 is 6.18 Å². The topological polar surface area (TPSA) is 71.0 Å². The number of para-hydroxylation sites is 1. The fraction of sp³-hybridized carbons (Fsp3) is 0.158. The van der Waals surface area contributed by atoms with E-state index in [0.29, 0.717) is 17.1 Å². The molecule has 3 aromatic rings. The summed E-state index contributed by atoms with van der Waals surface area (Å²) < 4.78 is 37.8. The van der Waals surface area contributed by atoms with Gasteiger partial charge in [-0.15, -0.1) is 0 Å². The number of benzene rings is 1. The van der Waals surface area contributed by atoms with Gasteiger partial charge in [-0.25, -0.2) is 9.97 Å². The second-order valence-electron chi connectivity index (χ2n) is 5.99. The normalized spacial score (nSPS) is 11.1. The lowest BCUT2D eigenvalue weighted by molar-refractivity contribution is -0.141. The van der Waals surface area contributed by atoms with E-state index in [9.17, 15) is 18.0 Å². The average molecular weight is 387 g/mol. The van der Waals surface area contributed by atoms with Gasteiger partial charge in [-0.1, -0.05) is 24.3 Å². The van der Waals surface area contributed by atoms with Crippen LogP contribution in [-0.4, -0.2) is 27.9 Å². The smallest absolute Gasteiger partial charge is 0.355 e. The van der Waals surface area contributed by atoms with Gasteiger partial charge in [-0.05, 0) is 23.8 Å². The fourth-order valence-electron chi connectivity index (χ4n) is 2.44. The van der Waals surface area contributed by atoms with Gasteiger partial charge in [0.15, 0.2) is 0 Å². The molecule has 0 aliphatic heterocycles. The zero-order valence-corrected chi connectivity index (χ0v) is 14.8. The molecule has 0 fully saturated rings. The van der Waals surface area contributed by atoms with Gasteiger partial charge in [0.25, 0.3) is 5.91 Å². The van der Waals surface area contributed by atoms with Crippen molar-refractivity contribution in [3.05, 3.63) is 78.0 Å². The largest absolute Gasteiger partial charge is 0.433 e. The van der Waals surface area contributed by atoms with Crippen molar-refractivity contribution in [1.82, 2.24) is 15.0 Å². The zero-order valence-electron chi connectivity index (χ0n) is 14.8. The molecule has 0 saturated heterocycles. The Hall–Kier alpha value is -3.49. The van der Waals surface area contributed by atoms with Gasteiger partial charge in [0.1, 0.15) is 23.5 Å². The predicted octanol–water partition coefficient (Wildman–Crippen LogP) is 3.78. The number of nitrogens with zero attached hydrogens (tertiary/aromatic N) is 4. The van der Waals surface area contributed by atoms with Gasteiger partial charge in [0.2, 0.25) is 0 Å². The van der Waals surface area contributed by atoms with Crippen LogP contribution in [0.5, 0.6) is 0 Å². The highest BCUT2D eigenvalue weighted by atomic mass is 19.4. The van der Waals surface area contributed by atoms with Crippen molar-refractivity contribution in [1.29, 1.82) is 0 Å². The van der Waals surface area contributed by atoms with E-state index in [1.54, 1.807) is 36.2 Å². The molecule has 6 nitrogen and oxygen atoms in total. The number of carbonyl (C=O) groups is 1. The number of halogens is 3. The minimum atomic E-state index is -4.47. The summed E-state index contributed by atoms with van der Waals surface area (Å²) in [7, 11) is 1.71. The van der Waals surface area contributed by atoms with E-state index in [4.69, 9.17) is 0 Å². The molecule has 0 spiro atoms. The van der Waals surface area contributed by atoms with E-state index in [-0.39, 0.29) is 18.1 Å². The number of amides is 1. The molecule has 0 atom stereocenters. The lowest BCUT2D eigenvalue weighted by atomic mass is 10.2. The molecular formula is C19H16F3N5O. The predicted molar refractivity (Wildman–Crippen MR) is 97.8 cm³/mol. The summed E-state index contributed by atoms with van der Waals surface area (Å²) in [4.78, 5) is 25.6. The van der Waals surface area contributed by atoms with E-state index < -0.39 is 11.9 Å². The first-order valence-electron chi connectivity index (χ1n) is 8.24. The Bertz CT molecular complexity index is 946. The summed E-state index contributed by atoms with van der Waals surface area (Å²) in [6.45, 7) is 0.266. The van der Waals surface area contributed by atoms with Gasteiger partial charge < -0.3 is 10.2 Å². The number of anilines is 2. The van der Waals surface area contributed by atoms with E-state index >= 15 is 0 Å². The van der Waals surface area contributed by atoms with Gasteiger partial charge in [0, 0.05) is 31.5 Å². The fourth-order valence-corrected chi connectivity index (χ4v) is 2.44. The van der Waals surface area contributed by atoms with Crippen molar-refractivity contribution < 1.29 is 18.0 Å². The molecule has 1 amide bonds. The van der Waals surface area contributed by atoms with Crippen molar-refractivity contribution in [2.45, 2.75) is 12.7 Å². The highest BCUT2D eigenvalue weighted by Crippen LogP contribution is 2.27. The van der Waals surface area contributed by atoms with Gasteiger partial charge in [0.05, 0.1) is 0 Å². The van der Waals surface area contributed by atoms with Crippen molar-refractivity contribution in [3.63, 3.8) is 0 Å². The summed E-state index contributed by atoms with van der Waals surface area (Å²) in [5.41, 5.74) is 0.438. The van der Waals surface area contributed by atoms with E-state index in [2.05, 4.69) is 20.3 Å². The summed E-state index contributed by atoms with van der Waals surface area (Å²) in [6.07, 6.45) is -2.04. The zero-order chi connectivity index (χ0) is 20.1. The molecule has 0 aliphatic rings. The third-order valence-electron chi connectivity index (χ3n) is 3.84. The monoisotopic (exact) mass is 387 g/mol. The minimum Gasteiger partial charge on any atom is -0.355 e. The first-order chi connectivity index (χ1) is 13.3. The molecule has 0 bridgehead atoms. The molecule has 28 heavy (non-hydrogen) atoms. The number of carbonyl (C=O) groups excluding carboxylic acids is 1. The van der Waals surface area contributed by atoms with Crippen molar-refractivity contribution in [3.8, 4) is 0 Å². The number of alkyl halides is 3. The molecule has 0 aliphatic carbocycles. The Balaban J connectivity index is 1.70. The number of hydrogen-bond acceptors (Lipinski definition) is 5. The molecule has 3 rings (SSSR count). The van der Waals surface area contributed by atoms with E-state index in [0.717, 1.165) is 6.07 Å². The van der Waals surface area contributed by atoms with Crippen LogP contribution in [0.2, 0.25) is 0 Å². The Kier molecular flexibility index (Phi) is 5.53. The number of aromatic nitrogens is 3. The standard InChI is InChI=1S/C19H16F3N5O/c1-27(11-13-7-8-16(23-10-13)19(20,21)22)17-9-15(24-12-25-17)18(28)26-14-5-3-2-4-6-14/h2-10,12H,11H2,1H3,(H,26,28). The Morgan fingerprint density at radius 3 is 2.46 bits per heavy atom. The molecule has 2 heterocycles. The third-order valence-corrected chi connectivity index (χ3v) is 3.84. The highest BCUT2D eigenvalue weighted by Gasteiger charge is 2.32. The molecule has 0 radical (unpaired) electrons. The van der Waals surface area contributed by atoms with Crippen LogP contribution in [-0.2, 0) is 12.7 Å². The molecule has 0 unspecified atom stereocenters. The summed E-state index contributed by atoms with van der Waals surface area (Å²) >= 11 is 0. The number of pyridine rings is 1. The van der Waals surface area contributed by atoms with Gasteiger partial charge in [-0.3, -0.25) is 9.78 Å². The van der Waals surface area contributed by atoms with Gasteiger partial charge in [-0.2, -0.15) is 13.2 Å². The summed E-state index contributed by atoms with van der Waals surface area (Å²) in [6, 6.07) is 12.7. The molecule has 9 heteroatoms. The van der Waals surface area contributed by atoms with Crippen LogP contribution in [0.1, 0.15) is 21.7 Å². The quantitative estimate of drug-likeness (QED) is 0.722. The van der Waals surface area contributed by atoms with Crippen LogP contribution in [0, 0.1) is 0 Å². The average Bonchev–Trinajstić information content (AvgIpc) is 2.68. The SMILES string of the molecule is CN(Cc1ccc(C(F)(F)F)nc1)c1cc(C(=O)Nc2ccccc2)ncn1. The Labute approximate surface area is 159 Å². The second kappa shape index (κ2) is 8.03. The van der Waals surface area contributed by atoms with Crippen LogP contribution in [0.4, 0.5) is 24.7 Å². The third kappa shape index (κ3) is 4.81. The lowest BCUT2D eigenvalue weighted by Gasteiger charge is -2.18. The van der Waals surface area contributed by atoms with Crippen molar-refractivity contribution in [2.24, 2.45) is 0 Å². The molecule has 1 N–H and O–H groups in total. The van der Waals surface area contributed by atoms with Crippen LogP contribution >= 0.6 is 0 Å². The van der Waals surface area contributed by atoms with Crippen LogP contribution in [0.3, 0.4) is 0 Å². The maximum absolute atomic E-state index is 12.6. The summed E-state index contributed by atoms with van der Waals surface area (Å²) in [5.74, 6) is 0.0626. The highest BCUT2D eigenvalue weighted by molar-refractivity contribution is 6.03. The van der Waals surface area contributed by atoms with E-state index in [1.165, 1.54) is 24.7 Å². The molecule has 144 valence electrons. The Morgan fingerprint density at radius 2 is 1.82 bits per heavy atom. The maximum Gasteiger partial charge on any atom is 0.433 e. The lowest BCUT2D eigenvalue weighted by Crippen LogP contribution is -2.20. The Morgan fingerprint density at radius 1 is 1.07 bits per heavy atom. The minimum absolute atomic E-state index is 0.172. The molecular weight excluding hydrogens is 371 g/mol. The first kappa shape index (κ1) is 19.3. The molecule has 1 aromatic carbocycles. The van der Waals surface area contributed by atoms with Crippen LogP contribution in [0.15, 0.2) is 61.1 Å². The van der Waals surface area contributed by atoms with Crippen molar-refractivity contribution in [2.75, 3.05) is 17.3 Å². The summed E-state index contributed by atoms with van der Waals surface area (Å²) in [5, 5.41) is 2.73. The van der Waals surface area contributed by atoms with Crippen LogP contribution < -0.4 is 10.2 Å². The maximum atomic E-state index is 12.6.